The Morgan fingerprint density at radius 2 is 0.615 bits per heavy atom. The summed E-state index contributed by atoms with van der Waals surface area (Å²) in [6.07, 6.45) is 70.8. The standard InChI is InChI=1S/C59H96O6/c1-4-7-10-13-16-19-22-25-28-29-32-35-38-41-44-47-50-53-59(62)65-56(54-63-57(60)51-48-45-42-39-36-33-30-26-23-20-17-14-11-8-5-2)55-64-58(61)52-49-46-43-40-37-34-31-27-24-21-18-15-12-9-6-3/h7-8,10-11,16-17,19-20,25-28,30-32,35,41,44,56H,4-6,9,12-15,18,21-24,29,33-34,36-40,42-43,45-55H2,1-3H3/b10-7-,11-8-,19-16-,20-17-,28-25-,30-26-,31-27-,35-32-,44-41-/t56-/m1/s1. The summed E-state index contributed by atoms with van der Waals surface area (Å²) in [5, 5.41) is 0. The first-order valence-electron chi connectivity index (χ1n) is 26.4. The molecule has 0 unspecified atom stereocenters. The van der Waals surface area contributed by atoms with E-state index in [1.54, 1.807) is 0 Å². The molecule has 0 rings (SSSR count). The predicted octanol–water partition coefficient (Wildman–Crippen LogP) is 17.5. The lowest BCUT2D eigenvalue weighted by molar-refractivity contribution is -0.167. The highest BCUT2D eigenvalue weighted by Gasteiger charge is 2.19. The second-order valence-electron chi connectivity index (χ2n) is 17.0. The van der Waals surface area contributed by atoms with Crippen LogP contribution in [0.4, 0.5) is 0 Å². The first kappa shape index (κ1) is 61.1. The van der Waals surface area contributed by atoms with Crippen molar-refractivity contribution in [2.24, 2.45) is 0 Å². The summed E-state index contributed by atoms with van der Waals surface area (Å²) in [7, 11) is 0. The van der Waals surface area contributed by atoms with Gasteiger partial charge >= 0.3 is 17.9 Å². The fraction of sp³-hybridized carbons (Fsp3) is 0.644. The van der Waals surface area contributed by atoms with Crippen LogP contribution in [0.3, 0.4) is 0 Å². The molecule has 0 N–H and O–H groups in total. The number of unbranched alkanes of at least 4 members (excludes halogenated alkanes) is 17. The summed E-state index contributed by atoms with van der Waals surface area (Å²) < 4.78 is 16.7. The van der Waals surface area contributed by atoms with E-state index in [-0.39, 0.29) is 37.5 Å². The number of ether oxygens (including phenoxy) is 3. The molecule has 0 aromatic carbocycles. The molecule has 0 aromatic heterocycles. The number of esters is 3. The summed E-state index contributed by atoms with van der Waals surface area (Å²) in [5.74, 6) is -1.00. The zero-order valence-electron chi connectivity index (χ0n) is 42.0. The van der Waals surface area contributed by atoms with Gasteiger partial charge in [-0.1, -0.05) is 201 Å². The van der Waals surface area contributed by atoms with E-state index in [0.29, 0.717) is 19.3 Å². The highest BCUT2D eigenvalue weighted by atomic mass is 16.6. The van der Waals surface area contributed by atoms with Crippen LogP contribution < -0.4 is 0 Å². The van der Waals surface area contributed by atoms with Gasteiger partial charge in [0.1, 0.15) is 13.2 Å². The van der Waals surface area contributed by atoms with E-state index in [0.717, 1.165) is 128 Å². The minimum Gasteiger partial charge on any atom is -0.462 e. The molecule has 1 atom stereocenters. The van der Waals surface area contributed by atoms with Crippen molar-refractivity contribution >= 4 is 17.9 Å². The zero-order chi connectivity index (χ0) is 47.2. The first-order chi connectivity index (χ1) is 32.0. The molecular weight excluding hydrogens is 805 g/mol. The minimum atomic E-state index is -0.820. The molecular formula is C59H96O6. The summed E-state index contributed by atoms with van der Waals surface area (Å²) in [6, 6.07) is 0. The molecule has 0 aromatic rings. The van der Waals surface area contributed by atoms with E-state index < -0.39 is 6.10 Å². The molecule has 6 heteroatoms. The Kier molecular flexibility index (Phi) is 49.5. The van der Waals surface area contributed by atoms with Crippen molar-refractivity contribution in [1.29, 1.82) is 0 Å². The van der Waals surface area contributed by atoms with Crippen LogP contribution in [0.15, 0.2) is 109 Å². The van der Waals surface area contributed by atoms with Crippen LogP contribution in [-0.2, 0) is 28.6 Å². The Bertz CT molecular complexity index is 1360. The summed E-state index contributed by atoms with van der Waals surface area (Å²) >= 11 is 0. The number of carbonyl (C=O) groups excluding carboxylic acids is 3. The van der Waals surface area contributed by atoms with Crippen molar-refractivity contribution in [1.82, 2.24) is 0 Å². The highest BCUT2D eigenvalue weighted by molar-refractivity contribution is 5.71. The van der Waals surface area contributed by atoms with Gasteiger partial charge in [-0.05, 0) is 116 Å². The van der Waals surface area contributed by atoms with E-state index in [9.17, 15) is 14.4 Å². The van der Waals surface area contributed by atoms with Crippen molar-refractivity contribution in [3.8, 4) is 0 Å². The third kappa shape index (κ3) is 50.9. The van der Waals surface area contributed by atoms with Crippen LogP contribution in [-0.4, -0.2) is 37.2 Å². The van der Waals surface area contributed by atoms with Gasteiger partial charge in [0, 0.05) is 19.3 Å². The molecule has 0 heterocycles. The third-order valence-corrected chi connectivity index (χ3v) is 10.7. The average molecular weight is 901 g/mol. The van der Waals surface area contributed by atoms with Crippen LogP contribution in [0.25, 0.3) is 0 Å². The Labute approximate surface area is 400 Å². The van der Waals surface area contributed by atoms with E-state index in [1.165, 1.54) is 51.4 Å². The lowest BCUT2D eigenvalue weighted by Gasteiger charge is -2.18. The zero-order valence-corrected chi connectivity index (χ0v) is 42.0. The van der Waals surface area contributed by atoms with Crippen molar-refractivity contribution in [2.45, 2.75) is 232 Å². The van der Waals surface area contributed by atoms with Gasteiger partial charge in [-0.15, -0.1) is 0 Å². The molecule has 0 saturated heterocycles. The molecule has 0 radical (unpaired) electrons. The summed E-state index contributed by atoms with van der Waals surface area (Å²) in [6.45, 7) is 6.33. The molecule has 65 heavy (non-hydrogen) atoms. The Hall–Kier alpha value is -3.93. The molecule has 0 amide bonds. The fourth-order valence-electron chi connectivity index (χ4n) is 6.84. The third-order valence-electron chi connectivity index (χ3n) is 10.7. The maximum Gasteiger partial charge on any atom is 0.306 e. The lowest BCUT2D eigenvalue weighted by atomic mass is 10.1. The number of hydrogen-bond acceptors (Lipinski definition) is 6. The van der Waals surface area contributed by atoms with Crippen molar-refractivity contribution in [2.75, 3.05) is 13.2 Å². The van der Waals surface area contributed by atoms with Gasteiger partial charge in [-0.25, -0.2) is 0 Å². The fourth-order valence-corrected chi connectivity index (χ4v) is 6.84. The van der Waals surface area contributed by atoms with Crippen molar-refractivity contribution < 1.29 is 28.6 Å². The molecule has 0 bridgehead atoms. The topological polar surface area (TPSA) is 78.9 Å². The average Bonchev–Trinajstić information content (AvgIpc) is 3.30. The smallest absolute Gasteiger partial charge is 0.306 e. The molecule has 0 saturated carbocycles. The molecule has 0 aliphatic carbocycles. The van der Waals surface area contributed by atoms with Crippen LogP contribution in [0.5, 0.6) is 0 Å². The molecule has 0 aliphatic heterocycles. The van der Waals surface area contributed by atoms with Crippen molar-refractivity contribution in [3.05, 3.63) is 109 Å². The molecule has 6 nitrogen and oxygen atoms in total. The number of allylic oxidation sites excluding steroid dienone is 18. The van der Waals surface area contributed by atoms with Gasteiger partial charge in [-0.2, -0.15) is 0 Å². The molecule has 368 valence electrons. The Morgan fingerprint density at radius 1 is 0.323 bits per heavy atom. The maximum atomic E-state index is 12.8. The summed E-state index contributed by atoms with van der Waals surface area (Å²) in [4.78, 5) is 38.0. The number of hydrogen-bond donors (Lipinski definition) is 0. The minimum absolute atomic E-state index is 0.112. The van der Waals surface area contributed by atoms with Gasteiger partial charge < -0.3 is 14.2 Å². The Morgan fingerprint density at radius 3 is 1.00 bits per heavy atom. The van der Waals surface area contributed by atoms with E-state index >= 15 is 0 Å². The molecule has 0 fully saturated rings. The van der Waals surface area contributed by atoms with Gasteiger partial charge in [0.25, 0.3) is 0 Å². The molecule has 0 spiro atoms. The normalized spacial score (nSPS) is 13.0. The number of rotatable bonds is 46. The summed E-state index contributed by atoms with van der Waals surface area (Å²) in [5.41, 5.74) is 0. The first-order valence-corrected chi connectivity index (χ1v) is 26.4. The van der Waals surface area contributed by atoms with Crippen LogP contribution in [0.1, 0.15) is 226 Å². The number of carbonyl (C=O) groups is 3. The van der Waals surface area contributed by atoms with Gasteiger partial charge in [0.05, 0.1) is 0 Å². The van der Waals surface area contributed by atoms with Gasteiger partial charge in [0.2, 0.25) is 0 Å². The monoisotopic (exact) mass is 901 g/mol. The highest BCUT2D eigenvalue weighted by Crippen LogP contribution is 2.13. The van der Waals surface area contributed by atoms with Gasteiger partial charge in [0.15, 0.2) is 6.10 Å². The maximum absolute atomic E-state index is 12.8. The van der Waals surface area contributed by atoms with E-state index in [4.69, 9.17) is 14.2 Å². The largest absolute Gasteiger partial charge is 0.462 e. The van der Waals surface area contributed by atoms with Crippen LogP contribution >= 0.6 is 0 Å². The molecule has 0 aliphatic rings. The quantitative estimate of drug-likeness (QED) is 0.0262. The van der Waals surface area contributed by atoms with E-state index in [1.807, 2.05) is 0 Å². The lowest BCUT2D eigenvalue weighted by Crippen LogP contribution is -2.30. The Balaban J connectivity index is 4.54. The second kappa shape index (κ2) is 52.7. The van der Waals surface area contributed by atoms with Gasteiger partial charge in [-0.3, -0.25) is 14.4 Å². The van der Waals surface area contributed by atoms with Crippen LogP contribution in [0.2, 0.25) is 0 Å². The van der Waals surface area contributed by atoms with Crippen molar-refractivity contribution in [3.63, 3.8) is 0 Å². The van der Waals surface area contributed by atoms with Crippen LogP contribution in [0, 0.1) is 0 Å². The predicted molar refractivity (Wildman–Crippen MR) is 279 cm³/mol. The second-order valence-corrected chi connectivity index (χ2v) is 17.0. The van der Waals surface area contributed by atoms with E-state index in [2.05, 4.69) is 130 Å². The SMILES string of the molecule is CC/C=C\C/C=C\C/C=C\C/C=C\C/C=C\CCCC(=O)O[C@H](COC(=O)CCCCCCC/C=C\C/C=C\C/C=C\CC)COC(=O)CCCCCCC/C=C\CCCCCCCC.